The molecule has 2 aromatic carbocycles. The summed E-state index contributed by atoms with van der Waals surface area (Å²) < 4.78 is 32.0. The molecule has 3 aromatic rings. The summed E-state index contributed by atoms with van der Waals surface area (Å²) in [6.07, 6.45) is 4.17. The maximum atomic E-state index is 16.9. The zero-order valence-electron chi connectivity index (χ0n) is 17.8. The Morgan fingerprint density at radius 3 is 2.78 bits per heavy atom. The van der Waals surface area contributed by atoms with Gasteiger partial charge in [-0.15, -0.1) is 11.8 Å². The van der Waals surface area contributed by atoms with Gasteiger partial charge in [0, 0.05) is 22.0 Å². The molecule has 0 radical (unpaired) electrons. The van der Waals surface area contributed by atoms with Crippen LogP contribution in [-0.4, -0.2) is 32.4 Å². The summed E-state index contributed by atoms with van der Waals surface area (Å²) in [7, 11) is 0. The number of aliphatic hydroxyl groups excluding tert-OH is 1. The van der Waals surface area contributed by atoms with E-state index < -0.39 is 17.2 Å². The lowest BCUT2D eigenvalue weighted by molar-refractivity contribution is -0.0762. The van der Waals surface area contributed by atoms with Gasteiger partial charge in [0.25, 0.3) is 0 Å². The normalized spacial score (nSPS) is 29.2. The topological polar surface area (TPSA) is 38.0 Å². The molecule has 6 heteroatoms. The fourth-order valence-corrected chi connectivity index (χ4v) is 7.17. The van der Waals surface area contributed by atoms with E-state index in [1.165, 1.54) is 12.1 Å². The predicted molar refractivity (Wildman–Crippen MR) is 122 cm³/mol. The van der Waals surface area contributed by atoms with E-state index in [1.807, 2.05) is 31.2 Å². The molecule has 3 nitrogen and oxygen atoms in total. The Kier molecular flexibility index (Phi) is 4.43. The number of rotatable bonds is 3. The van der Waals surface area contributed by atoms with Crippen molar-refractivity contribution in [3.63, 3.8) is 0 Å². The summed E-state index contributed by atoms with van der Waals surface area (Å²) in [5, 5.41) is 16.0. The van der Waals surface area contributed by atoms with Crippen LogP contribution in [-0.2, 0) is 6.42 Å². The molecule has 32 heavy (non-hydrogen) atoms. The SMILES string of the molecule is C[C@]12Cc3cnn(-c4ccc(F)cc4)c3C=C1CC[C@]2(F)C(O)C1CSc2ccccc21. The summed E-state index contributed by atoms with van der Waals surface area (Å²) in [6, 6.07) is 14.3. The monoisotopic (exact) mass is 450 g/mol. The molecule has 164 valence electrons. The summed E-state index contributed by atoms with van der Waals surface area (Å²) in [5.74, 6) is 0.203. The lowest BCUT2D eigenvalue weighted by Gasteiger charge is -2.44. The van der Waals surface area contributed by atoms with Gasteiger partial charge in [0.15, 0.2) is 0 Å². The first-order valence-electron chi connectivity index (χ1n) is 11.0. The highest BCUT2D eigenvalue weighted by atomic mass is 32.2. The molecule has 2 unspecified atom stereocenters. The lowest BCUT2D eigenvalue weighted by atomic mass is 9.64. The maximum absolute atomic E-state index is 16.9. The number of benzene rings is 2. The number of halogens is 2. The highest BCUT2D eigenvalue weighted by molar-refractivity contribution is 7.99. The quantitative estimate of drug-likeness (QED) is 0.556. The van der Waals surface area contributed by atoms with Crippen LogP contribution in [0.15, 0.2) is 65.2 Å². The van der Waals surface area contributed by atoms with Crippen molar-refractivity contribution in [2.45, 2.75) is 48.8 Å². The summed E-state index contributed by atoms with van der Waals surface area (Å²) in [6.45, 7) is 1.96. The van der Waals surface area contributed by atoms with Crippen LogP contribution in [0.3, 0.4) is 0 Å². The first-order chi connectivity index (χ1) is 15.4. The van der Waals surface area contributed by atoms with Crippen LogP contribution in [0.4, 0.5) is 8.78 Å². The van der Waals surface area contributed by atoms with Crippen molar-refractivity contribution in [1.29, 1.82) is 0 Å². The molecule has 0 amide bonds. The van der Waals surface area contributed by atoms with Crippen molar-refractivity contribution in [3.8, 4) is 5.69 Å². The molecule has 1 aliphatic heterocycles. The Hall–Kier alpha value is -2.44. The Labute approximate surface area is 190 Å². The number of nitrogens with zero attached hydrogens (tertiary/aromatic N) is 2. The molecule has 1 fully saturated rings. The average Bonchev–Trinajstić information content (AvgIpc) is 3.47. The Bertz CT molecular complexity index is 1240. The molecular weight excluding hydrogens is 426 g/mol. The predicted octanol–water partition coefficient (Wildman–Crippen LogP) is 5.71. The molecule has 2 aliphatic carbocycles. The van der Waals surface area contributed by atoms with E-state index >= 15 is 4.39 Å². The Balaban J connectivity index is 1.37. The van der Waals surface area contributed by atoms with Crippen LogP contribution in [0.1, 0.15) is 42.5 Å². The van der Waals surface area contributed by atoms with E-state index in [9.17, 15) is 9.50 Å². The zero-order chi connectivity index (χ0) is 22.1. The van der Waals surface area contributed by atoms with E-state index in [0.717, 1.165) is 33.0 Å². The second-order valence-corrected chi connectivity index (χ2v) is 10.4. The number of thioether (sulfide) groups is 1. The van der Waals surface area contributed by atoms with Gasteiger partial charge in [-0.3, -0.25) is 0 Å². The van der Waals surface area contributed by atoms with E-state index in [4.69, 9.17) is 0 Å². The fraction of sp³-hybridized carbons (Fsp3) is 0.346. The molecule has 1 N–H and O–H groups in total. The highest BCUT2D eigenvalue weighted by Gasteiger charge is 2.62. The molecule has 0 spiro atoms. The third kappa shape index (κ3) is 2.72. The second kappa shape index (κ2) is 7.03. The van der Waals surface area contributed by atoms with Gasteiger partial charge in [-0.1, -0.05) is 30.7 Å². The lowest BCUT2D eigenvalue weighted by Crippen LogP contribution is -2.52. The average molecular weight is 451 g/mol. The van der Waals surface area contributed by atoms with Crippen LogP contribution < -0.4 is 0 Å². The third-order valence-electron chi connectivity index (χ3n) is 7.78. The molecule has 6 rings (SSSR count). The van der Waals surface area contributed by atoms with Gasteiger partial charge >= 0.3 is 0 Å². The molecule has 4 atom stereocenters. The van der Waals surface area contributed by atoms with Gasteiger partial charge < -0.3 is 5.11 Å². The molecule has 1 aromatic heterocycles. The number of hydrogen-bond acceptors (Lipinski definition) is 3. The molecule has 2 heterocycles. The Morgan fingerprint density at radius 1 is 1.19 bits per heavy atom. The van der Waals surface area contributed by atoms with Crippen molar-refractivity contribution in [2.75, 3.05) is 5.75 Å². The molecular formula is C26H24F2N2OS. The van der Waals surface area contributed by atoms with Crippen LogP contribution in [0.2, 0.25) is 0 Å². The largest absolute Gasteiger partial charge is 0.389 e. The third-order valence-corrected chi connectivity index (χ3v) is 8.99. The Morgan fingerprint density at radius 2 is 1.97 bits per heavy atom. The van der Waals surface area contributed by atoms with Crippen LogP contribution >= 0.6 is 11.8 Å². The second-order valence-electron chi connectivity index (χ2n) is 9.38. The van der Waals surface area contributed by atoms with Gasteiger partial charge in [-0.25, -0.2) is 13.5 Å². The molecule has 1 saturated carbocycles. The first-order valence-corrected chi connectivity index (χ1v) is 12.0. The number of aromatic nitrogens is 2. The number of allylic oxidation sites excluding steroid dienone is 1. The van der Waals surface area contributed by atoms with Crippen LogP contribution in [0.25, 0.3) is 11.8 Å². The van der Waals surface area contributed by atoms with E-state index in [0.29, 0.717) is 25.0 Å². The summed E-state index contributed by atoms with van der Waals surface area (Å²) in [5.41, 5.74) is 2.24. The summed E-state index contributed by atoms with van der Waals surface area (Å²) in [4.78, 5) is 1.14. The van der Waals surface area contributed by atoms with Gasteiger partial charge in [-0.2, -0.15) is 5.10 Å². The van der Waals surface area contributed by atoms with E-state index in [2.05, 4.69) is 11.2 Å². The number of fused-ring (bicyclic) bond motifs is 3. The van der Waals surface area contributed by atoms with Gasteiger partial charge in [0.05, 0.1) is 23.7 Å². The standard InChI is InChI=1S/C26H24F2N2OS/c1-25-13-16-14-29-30(19-8-6-18(27)7-9-19)22(16)12-17(25)10-11-26(25,28)24(31)21-15-32-23-5-3-2-4-20(21)23/h2-9,12,14,21,24,31H,10-11,13,15H2,1H3/t21?,24?,25-,26-/m0/s1. The fourth-order valence-electron chi connectivity index (χ4n) is 5.89. The van der Waals surface area contributed by atoms with E-state index in [1.54, 1.807) is 34.8 Å². The first kappa shape index (κ1) is 20.2. The zero-order valence-corrected chi connectivity index (χ0v) is 18.6. The van der Waals surface area contributed by atoms with Crippen LogP contribution in [0.5, 0.6) is 0 Å². The number of alkyl halides is 1. The minimum atomic E-state index is -1.71. The van der Waals surface area contributed by atoms with Crippen molar-refractivity contribution >= 4 is 17.8 Å². The van der Waals surface area contributed by atoms with Crippen molar-refractivity contribution in [2.24, 2.45) is 5.41 Å². The van der Waals surface area contributed by atoms with E-state index in [-0.39, 0.29) is 11.7 Å². The maximum Gasteiger partial charge on any atom is 0.147 e. The highest BCUT2D eigenvalue weighted by Crippen LogP contribution is 2.61. The van der Waals surface area contributed by atoms with Gasteiger partial charge in [0.2, 0.25) is 0 Å². The summed E-state index contributed by atoms with van der Waals surface area (Å²) >= 11 is 1.70. The van der Waals surface area contributed by atoms with Crippen molar-refractivity contribution in [3.05, 3.63) is 82.9 Å². The minimum absolute atomic E-state index is 0.208. The van der Waals surface area contributed by atoms with Crippen LogP contribution in [0, 0.1) is 11.2 Å². The number of aliphatic hydroxyl groups is 1. The number of hydrogen-bond donors (Lipinski definition) is 1. The van der Waals surface area contributed by atoms with Gasteiger partial charge in [0.1, 0.15) is 11.5 Å². The minimum Gasteiger partial charge on any atom is -0.389 e. The molecule has 3 aliphatic rings. The molecule has 0 saturated heterocycles. The van der Waals surface area contributed by atoms with Gasteiger partial charge in [-0.05, 0) is 66.8 Å². The smallest absolute Gasteiger partial charge is 0.147 e. The van der Waals surface area contributed by atoms with Crippen molar-refractivity contribution in [1.82, 2.24) is 9.78 Å². The molecule has 0 bridgehead atoms. The van der Waals surface area contributed by atoms with Crippen molar-refractivity contribution < 1.29 is 13.9 Å².